The number of ether oxygens (including phenoxy) is 1. The molecule has 1 atom stereocenters. The van der Waals surface area contributed by atoms with Gasteiger partial charge in [0.05, 0.1) is 5.69 Å². The van der Waals surface area contributed by atoms with E-state index in [2.05, 4.69) is 20.0 Å². The maximum atomic E-state index is 12.6. The maximum absolute atomic E-state index is 12.6. The monoisotopic (exact) mass is 362 g/mol. The van der Waals surface area contributed by atoms with E-state index in [1.165, 1.54) is 29.3 Å². The smallest absolute Gasteiger partial charge is 0.387 e. The van der Waals surface area contributed by atoms with E-state index in [1.54, 1.807) is 19.1 Å². The highest BCUT2D eigenvalue weighted by molar-refractivity contribution is 6.04. The lowest BCUT2D eigenvalue weighted by Crippen LogP contribution is -2.42. The van der Waals surface area contributed by atoms with Gasteiger partial charge in [0, 0.05) is 12.7 Å². The molecule has 2 aromatic rings. The predicted molar refractivity (Wildman–Crippen MR) is 88.1 cm³/mol. The number of nitrogens with one attached hydrogen (secondary N) is 1. The van der Waals surface area contributed by atoms with Crippen molar-refractivity contribution in [1.82, 2.24) is 15.3 Å². The zero-order chi connectivity index (χ0) is 18.7. The number of hydrogen-bond acceptors (Lipinski definition) is 5. The highest BCUT2D eigenvalue weighted by atomic mass is 19.3. The Labute approximate surface area is 148 Å². The van der Waals surface area contributed by atoms with Crippen molar-refractivity contribution in [1.29, 1.82) is 0 Å². The van der Waals surface area contributed by atoms with E-state index in [4.69, 9.17) is 0 Å². The van der Waals surface area contributed by atoms with E-state index in [-0.39, 0.29) is 23.7 Å². The molecule has 0 aliphatic carbocycles. The molecule has 3 rings (SSSR count). The van der Waals surface area contributed by atoms with Gasteiger partial charge < -0.3 is 15.0 Å². The van der Waals surface area contributed by atoms with Crippen molar-refractivity contribution in [3.63, 3.8) is 0 Å². The van der Waals surface area contributed by atoms with Gasteiger partial charge in [-0.2, -0.15) is 8.78 Å². The third-order valence-corrected chi connectivity index (χ3v) is 3.89. The zero-order valence-corrected chi connectivity index (χ0v) is 13.9. The highest BCUT2D eigenvalue weighted by Gasteiger charge is 2.35. The van der Waals surface area contributed by atoms with Crippen LogP contribution in [0.4, 0.5) is 14.5 Å². The number of anilines is 1. The van der Waals surface area contributed by atoms with Gasteiger partial charge in [0.15, 0.2) is 0 Å². The van der Waals surface area contributed by atoms with Crippen LogP contribution in [0.15, 0.2) is 36.5 Å². The molecule has 26 heavy (non-hydrogen) atoms. The van der Waals surface area contributed by atoms with Gasteiger partial charge >= 0.3 is 6.61 Å². The molecule has 0 bridgehead atoms. The van der Waals surface area contributed by atoms with E-state index >= 15 is 0 Å². The molecule has 1 aliphatic rings. The quantitative estimate of drug-likeness (QED) is 0.879. The molecule has 2 amide bonds. The van der Waals surface area contributed by atoms with Gasteiger partial charge in [-0.1, -0.05) is 12.1 Å². The molecule has 1 saturated heterocycles. The first-order valence-corrected chi connectivity index (χ1v) is 7.91. The Balaban J connectivity index is 1.74. The average Bonchev–Trinajstić information content (AvgIpc) is 2.95. The molecular formula is C17H16F2N4O3. The number of hydrogen-bond donors (Lipinski definition) is 1. The van der Waals surface area contributed by atoms with Gasteiger partial charge in [-0.05, 0) is 31.5 Å². The SMILES string of the molecule is Cc1nccc(C(=O)NC2CCN(c3ccccc3OC(F)F)C2=O)n1. The largest absolute Gasteiger partial charge is 0.433 e. The summed E-state index contributed by atoms with van der Waals surface area (Å²) in [6, 6.07) is 6.73. The number of nitrogens with zero attached hydrogens (tertiary/aromatic N) is 3. The average molecular weight is 362 g/mol. The third kappa shape index (κ3) is 3.76. The number of amides is 2. The Hall–Kier alpha value is -3.10. The maximum Gasteiger partial charge on any atom is 0.387 e. The van der Waals surface area contributed by atoms with Crippen LogP contribution in [-0.4, -0.2) is 41.0 Å². The van der Waals surface area contributed by atoms with E-state index < -0.39 is 24.5 Å². The third-order valence-electron chi connectivity index (χ3n) is 3.89. The van der Waals surface area contributed by atoms with Crippen LogP contribution in [0.3, 0.4) is 0 Å². The van der Waals surface area contributed by atoms with Crippen LogP contribution in [-0.2, 0) is 4.79 Å². The van der Waals surface area contributed by atoms with Crippen molar-refractivity contribution in [2.75, 3.05) is 11.4 Å². The number of halogens is 2. The molecule has 1 aromatic carbocycles. The van der Waals surface area contributed by atoms with Gasteiger partial charge in [-0.15, -0.1) is 0 Å². The second kappa shape index (κ2) is 7.42. The standard InChI is InChI=1S/C17H16F2N4O3/c1-10-20-8-6-11(21-10)15(24)22-12-7-9-23(16(12)25)13-4-2-3-5-14(13)26-17(18)19/h2-6,8,12,17H,7,9H2,1H3,(H,22,24). The predicted octanol–water partition coefficient (Wildman–Crippen LogP) is 1.92. The molecule has 136 valence electrons. The van der Waals surface area contributed by atoms with Crippen molar-refractivity contribution in [3.8, 4) is 5.75 Å². The molecule has 0 radical (unpaired) electrons. The van der Waals surface area contributed by atoms with Gasteiger partial charge in [0.25, 0.3) is 5.91 Å². The summed E-state index contributed by atoms with van der Waals surface area (Å²) < 4.78 is 29.6. The number of alkyl halides is 2. The summed E-state index contributed by atoms with van der Waals surface area (Å²) >= 11 is 0. The minimum Gasteiger partial charge on any atom is -0.433 e. The van der Waals surface area contributed by atoms with E-state index in [9.17, 15) is 18.4 Å². The summed E-state index contributed by atoms with van der Waals surface area (Å²) in [5.41, 5.74) is 0.401. The fourth-order valence-electron chi connectivity index (χ4n) is 2.74. The van der Waals surface area contributed by atoms with Gasteiger partial charge in [0.1, 0.15) is 23.3 Å². The number of aryl methyl sites for hydroxylation is 1. The van der Waals surface area contributed by atoms with Crippen LogP contribution < -0.4 is 15.0 Å². The first-order chi connectivity index (χ1) is 12.5. The van der Waals surface area contributed by atoms with Crippen molar-refractivity contribution < 1.29 is 23.1 Å². The molecule has 1 N–H and O–H groups in total. The fraction of sp³-hybridized carbons (Fsp3) is 0.294. The van der Waals surface area contributed by atoms with Crippen LogP contribution >= 0.6 is 0 Å². The van der Waals surface area contributed by atoms with E-state index in [0.717, 1.165) is 0 Å². The molecule has 1 aliphatic heterocycles. The number of aromatic nitrogens is 2. The summed E-state index contributed by atoms with van der Waals surface area (Å²) in [4.78, 5) is 34.1. The Morgan fingerprint density at radius 2 is 2.12 bits per heavy atom. The molecule has 1 aromatic heterocycles. The number of carbonyl (C=O) groups is 2. The molecule has 1 fully saturated rings. The summed E-state index contributed by atoms with van der Waals surface area (Å²) in [5, 5.41) is 2.62. The van der Waals surface area contributed by atoms with Crippen molar-refractivity contribution in [2.24, 2.45) is 0 Å². The Bertz CT molecular complexity index is 831. The van der Waals surface area contributed by atoms with Crippen molar-refractivity contribution in [3.05, 3.63) is 48.0 Å². The number of benzene rings is 1. The second-order valence-electron chi connectivity index (χ2n) is 5.64. The lowest BCUT2D eigenvalue weighted by molar-refractivity contribution is -0.118. The van der Waals surface area contributed by atoms with Crippen molar-refractivity contribution in [2.45, 2.75) is 26.0 Å². The number of carbonyl (C=O) groups excluding carboxylic acids is 2. The summed E-state index contributed by atoms with van der Waals surface area (Å²) in [5.74, 6) is -0.536. The molecule has 7 nitrogen and oxygen atoms in total. The Kier molecular flexibility index (Phi) is 5.06. The van der Waals surface area contributed by atoms with E-state index in [0.29, 0.717) is 12.2 Å². The van der Waals surface area contributed by atoms with Gasteiger partial charge in [0.2, 0.25) is 5.91 Å². The summed E-state index contributed by atoms with van der Waals surface area (Å²) in [6.45, 7) is -1.07. The van der Waals surface area contributed by atoms with Gasteiger partial charge in [-0.3, -0.25) is 9.59 Å². The van der Waals surface area contributed by atoms with Crippen LogP contribution in [0.5, 0.6) is 5.75 Å². The normalized spacial score (nSPS) is 16.8. The lowest BCUT2D eigenvalue weighted by Gasteiger charge is -2.20. The molecular weight excluding hydrogens is 346 g/mol. The van der Waals surface area contributed by atoms with Crippen LogP contribution in [0, 0.1) is 6.92 Å². The number of para-hydroxylation sites is 2. The molecule has 0 spiro atoms. The molecule has 2 heterocycles. The molecule has 9 heteroatoms. The van der Waals surface area contributed by atoms with Gasteiger partial charge in [-0.25, -0.2) is 9.97 Å². The minimum atomic E-state index is -3.00. The highest BCUT2D eigenvalue weighted by Crippen LogP contribution is 2.32. The first-order valence-electron chi connectivity index (χ1n) is 7.91. The summed E-state index contributed by atoms with van der Waals surface area (Å²) in [6.07, 6.45) is 1.80. The fourth-order valence-corrected chi connectivity index (χ4v) is 2.74. The minimum absolute atomic E-state index is 0.0887. The Morgan fingerprint density at radius 3 is 2.85 bits per heavy atom. The van der Waals surface area contributed by atoms with Crippen molar-refractivity contribution >= 4 is 17.5 Å². The van der Waals surface area contributed by atoms with Crippen LogP contribution in [0.1, 0.15) is 22.7 Å². The van der Waals surface area contributed by atoms with Crippen LogP contribution in [0.25, 0.3) is 0 Å². The Morgan fingerprint density at radius 1 is 1.35 bits per heavy atom. The summed E-state index contributed by atoms with van der Waals surface area (Å²) in [7, 11) is 0. The first kappa shape index (κ1) is 17.7. The number of rotatable bonds is 5. The second-order valence-corrected chi connectivity index (χ2v) is 5.64. The topological polar surface area (TPSA) is 84.4 Å². The lowest BCUT2D eigenvalue weighted by atomic mass is 10.2. The van der Waals surface area contributed by atoms with E-state index in [1.807, 2.05) is 0 Å². The molecule has 0 saturated carbocycles. The zero-order valence-electron chi connectivity index (χ0n) is 13.9. The van der Waals surface area contributed by atoms with Crippen LogP contribution in [0.2, 0.25) is 0 Å². The molecule has 1 unspecified atom stereocenters.